The third-order valence-corrected chi connectivity index (χ3v) is 10.4. The molecule has 4 atom stereocenters. The van der Waals surface area contributed by atoms with Crippen LogP contribution in [-0.4, -0.2) is 33.5 Å². The largest absolute Gasteiger partial charge is 0.481 e. The van der Waals surface area contributed by atoms with Crippen molar-refractivity contribution in [2.24, 2.45) is 27.2 Å². The van der Waals surface area contributed by atoms with Crippen LogP contribution in [0.1, 0.15) is 65.5 Å². The highest BCUT2D eigenvalue weighted by molar-refractivity contribution is 6.24. The fourth-order valence-corrected chi connectivity index (χ4v) is 7.05. The number of hydrogen-bond donors (Lipinski definition) is 3. The van der Waals surface area contributed by atoms with Gasteiger partial charge in [-0.3, -0.25) is 9.79 Å². The van der Waals surface area contributed by atoms with E-state index < -0.39 is 5.97 Å². The molecule has 0 fully saturated rings. The van der Waals surface area contributed by atoms with E-state index in [0.717, 1.165) is 67.1 Å². The van der Waals surface area contributed by atoms with Crippen LogP contribution in [0.4, 0.5) is 0 Å². The van der Waals surface area contributed by atoms with Gasteiger partial charge in [0, 0.05) is 39.7 Å². The van der Waals surface area contributed by atoms with E-state index in [1.165, 1.54) is 11.1 Å². The third kappa shape index (κ3) is 4.19. The fourth-order valence-electron chi connectivity index (χ4n) is 7.05. The molecule has 1 aromatic heterocycles. The van der Waals surface area contributed by atoms with Crippen molar-refractivity contribution in [3.8, 4) is 0 Å². The van der Waals surface area contributed by atoms with E-state index in [9.17, 15) is 9.90 Å². The van der Waals surface area contributed by atoms with Gasteiger partial charge in [0.05, 0.1) is 28.9 Å². The summed E-state index contributed by atoms with van der Waals surface area (Å²) in [6.07, 6.45) is 15.7. The summed E-state index contributed by atoms with van der Waals surface area (Å²) in [6.45, 7) is 19.5. The number of fused-ring (bicyclic) bond motifs is 9. The van der Waals surface area contributed by atoms with E-state index in [-0.39, 0.29) is 29.7 Å². The number of nitrogens with one attached hydrogen (secondary N) is 2. The molecule has 5 heterocycles. The molecule has 6 rings (SSSR count). The van der Waals surface area contributed by atoms with E-state index in [1.54, 1.807) is 0 Å². The average molecular weight is 561 g/mol. The lowest BCUT2D eigenvalue weighted by Crippen LogP contribution is -2.31. The Hall–Kier alpha value is -4.19. The Bertz CT molecular complexity index is 1830. The Morgan fingerprint density at radius 1 is 1.05 bits per heavy atom. The van der Waals surface area contributed by atoms with Crippen molar-refractivity contribution in [1.29, 1.82) is 0 Å². The van der Waals surface area contributed by atoms with E-state index in [0.29, 0.717) is 6.42 Å². The van der Waals surface area contributed by atoms with Gasteiger partial charge >= 0.3 is 5.97 Å². The van der Waals surface area contributed by atoms with Crippen LogP contribution in [0.15, 0.2) is 85.8 Å². The molecular weight excluding hydrogens is 520 g/mol. The van der Waals surface area contributed by atoms with Crippen molar-refractivity contribution in [1.82, 2.24) is 10.3 Å². The molecule has 5 aliphatic rings. The summed E-state index contributed by atoms with van der Waals surface area (Å²) < 4.78 is 0. The smallest absolute Gasteiger partial charge is 0.303 e. The van der Waals surface area contributed by atoms with Crippen LogP contribution in [0.25, 0.3) is 18.2 Å². The Kier molecular flexibility index (Phi) is 6.64. The van der Waals surface area contributed by atoms with Crippen LogP contribution < -0.4 is 16.0 Å². The molecule has 6 nitrogen and oxygen atoms in total. The first-order valence-electron chi connectivity index (χ1n) is 14.9. The zero-order valence-corrected chi connectivity index (χ0v) is 25.6. The molecule has 1 aliphatic carbocycles. The Morgan fingerprint density at radius 3 is 2.52 bits per heavy atom. The number of aliphatic carboxylic acids is 1. The minimum absolute atomic E-state index is 0.0120. The van der Waals surface area contributed by atoms with E-state index in [2.05, 4.69) is 102 Å². The minimum atomic E-state index is -0.790. The number of allylic oxidation sites excluding steroid dienone is 8. The van der Waals surface area contributed by atoms with Gasteiger partial charge in [-0.15, -0.1) is 0 Å². The SMILES string of the molecule is C=Cc1c(C)c2[nH]/c1=C\C1NC(=C(CCC(=O)O)C1C)/C=C1N=C(/C=C3\N=C(C=2)C2=CC=C(C)[C@@H](C)[C@]23C)C(C)=C\1C. The van der Waals surface area contributed by atoms with Crippen molar-refractivity contribution in [3.05, 3.63) is 97.7 Å². The summed E-state index contributed by atoms with van der Waals surface area (Å²) in [4.78, 5) is 25.7. The van der Waals surface area contributed by atoms with Gasteiger partial charge in [0.1, 0.15) is 0 Å². The van der Waals surface area contributed by atoms with Crippen LogP contribution in [0, 0.1) is 24.2 Å². The van der Waals surface area contributed by atoms with Gasteiger partial charge in [-0.1, -0.05) is 44.2 Å². The summed E-state index contributed by atoms with van der Waals surface area (Å²) in [7, 11) is 0. The fraction of sp³-hybridized carbons (Fsp3) is 0.361. The Morgan fingerprint density at radius 2 is 1.81 bits per heavy atom. The van der Waals surface area contributed by atoms with Crippen molar-refractivity contribution in [2.75, 3.05) is 0 Å². The molecule has 0 aromatic carbocycles. The number of rotatable bonds is 4. The van der Waals surface area contributed by atoms with Gasteiger partial charge in [-0.05, 0) is 99.1 Å². The second kappa shape index (κ2) is 9.97. The monoisotopic (exact) mass is 560 g/mol. The van der Waals surface area contributed by atoms with Gasteiger partial charge in [0.15, 0.2) is 0 Å². The number of H-pyrrole nitrogens is 1. The number of carboxylic acid groups (broad SMARTS) is 1. The highest BCUT2D eigenvalue weighted by Gasteiger charge is 2.46. The Balaban J connectivity index is 1.64. The summed E-state index contributed by atoms with van der Waals surface area (Å²) in [6, 6.07) is -0.0120. The second-order valence-electron chi connectivity index (χ2n) is 12.5. The molecule has 8 bridgehead atoms. The normalized spacial score (nSPS) is 31.3. The molecule has 3 N–H and O–H groups in total. The van der Waals surface area contributed by atoms with Crippen LogP contribution in [-0.2, 0) is 4.79 Å². The van der Waals surface area contributed by atoms with Gasteiger partial charge in [0.2, 0.25) is 0 Å². The van der Waals surface area contributed by atoms with E-state index >= 15 is 0 Å². The number of nitrogens with zero attached hydrogens (tertiary/aromatic N) is 2. The number of aromatic amines is 1. The predicted molar refractivity (Wildman–Crippen MR) is 172 cm³/mol. The molecule has 1 aromatic rings. The molecule has 4 aliphatic heterocycles. The standard InChI is InChI=1S/C36H40N4O2/c1-9-24-21(5)29-16-33-26-12-10-18(2)23(7)36(26,8)34(40-33)17-30-20(4)19(3)27(37-30)14-32-25(11-13-35(41)42)22(6)28(39-32)15-31(24)38-29/h9-10,12,14-17,22-23,28,38-39H,1,11,13H2,2-8H3,(H,41,42)/b27-14-,29-16?,31-15-,34-17-/t22?,23-,28?,36-/m1/s1. The highest BCUT2D eigenvalue weighted by Crippen LogP contribution is 2.53. The van der Waals surface area contributed by atoms with Crippen molar-refractivity contribution in [2.45, 2.75) is 67.3 Å². The van der Waals surface area contributed by atoms with Crippen LogP contribution in [0.2, 0.25) is 0 Å². The van der Waals surface area contributed by atoms with Crippen LogP contribution >= 0.6 is 0 Å². The number of carbonyl (C=O) groups is 1. The maximum Gasteiger partial charge on any atom is 0.303 e. The lowest BCUT2D eigenvalue weighted by atomic mass is 9.65. The van der Waals surface area contributed by atoms with Gasteiger partial charge in [-0.25, -0.2) is 4.99 Å². The van der Waals surface area contributed by atoms with Gasteiger partial charge in [0.25, 0.3) is 0 Å². The molecule has 6 heteroatoms. The maximum absolute atomic E-state index is 11.6. The van der Waals surface area contributed by atoms with Crippen LogP contribution in [0.5, 0.6) is 0 Å². The average Bonchev–Trinajstić information content (AvgIpc) is 3.59. The van der Waals surface area contributed by atoms with Crippen LogP contribution in [0.3, 0.4) is 0 Å². The zero-order chi connectivity index (χ0) is 30.1. The zero-order valence-electron chi connectivity index (χ0n) is 25.6. The molecule has 0 spiro atoms. The molecule has 0 amide bonds. The molecule has 0 saturated carbocycles. The minimum Gasteiger partial charge on any atom is -0.481 e. The molecule has 0 saturated heterocycles. The quantitative estimate of drug-likeness (QED) is 0.434. The summed E-state index contributed by atoms with van der Waals surface area (Å²) in [5.74, 6) is -0.395. The van der Waals surface area contributed by atoms with E-state index in [4.69, 9.17) is 9.98 Å². The maximum atomic E-state index is 11.6. The number of aromatic nitrogens is 1. The van der Waals surface area contributed by atoms with Crippen molar-refractivity contribution < 1.29 is 9.90 Å². The lowest BCUT2D eigenvalue weighted by Gasteiger charge is -2.37. The molecule has 42 heavy (non-hydrogen) atoms. The first-order valence-corrected chi connectivity index (χ1v) is 14.9. The number of hydrogen-bond acceptors (Lipinski definition) is 4. The molecular formula is C36H40N4O2. The second-order valence-corrected chi connectivity index (χ2v) is 12.5. The molecule has 216 valence electrons. The predicted octanol–water partition coefficient (Wildman–Crippen LogP) is 5.81. The number of aliphatic imine (C=N–C) groups is 2. The van der Waals surface area contributed by atoms with Gasteiger partial charge < -0.3 is 15.4 Å². The summed E-state index contributed by atoms with van der Waals surface area (Å²) in [5, 5.41) is 15.2. The molecule has 2 unspecified atom stereocenters. The van der Waals surface area contributed by atoms with E-state index in [1.807, 2.05) is 6.08 Å². The highest BCUT2D eigenvalue weighted by atomic mass is 16.4. The number of carboxylic acids is 1. The summed E-state index contributed by atoms with van der Waals surface area (Å²) >= 11 is 0. The Labute approximate surface area is 247 Å². The summed E-state index contributed by atoms with van der Waals surface area (Å²) in [5.41, 5.74) is 12.7. The topological polar surface area (TPSA) is 89.8 Å². The lowest BCUT2D eigenvalue weighted by molar-refractivity contribution is -0.136. The van der Waals surface area contributed by atoms with Crippen molar-refractivity contribution >= 4 is 35.6 Å². The first-order chi connectivity index (χ1) is 19.9. The third-order valence-electron chi connectivity index (χ3n) is 10.4. The first kappa shape index (κ1) is 28.0. The van der Waals surface area contributed by atoms with Crippen molar-refractivity contribution in [3.63, 3.8) is 0 Å². The molecule has 0 radical (unpaired) electrons. The van der Waals surface area contributed by atoms with Gasteiger partial charge in [-0.2, -0.15) is 0 Å².